The number of benzene rings is 2. The Morgan fingerprint density at radius 1 is 0.947 bits per heavy atom. The molecule has 3 nitrogen and oxygen atoms in total. The van der Waals surface area contributed by atoms with E-state index in [2.05, 4.69) is 0 Å². The van der Waals surface area contributed by atoms with E-state index in [0.29, 0.717) is 12.2 Å². The highest BCUT2D eigenvalue weighted by Gasteiger charge is 1.99. The zero-order chi connectivity index (χ0) is 13.9. The van der Waals surface area contributed by atoms with E-state index in [0.717, 1.165) is 5.56 Å². The summed E-state index contributed by atoms with van der Waals surface area (Å²) in [5.41, 5.74) is 0.965. The Morgan fingerprint density at radius 3 is 1.89 bits per heavy atom. The van der Waals surface area contributed by atoms with Gasteiger partial charge in [0.1, 0.15) is 5.75 Å². The fourth-order valence-electron chi connectivity index (χ4n) is 1.32. The maximum atomic E-state index is 9.09. The summed E-state index contributed by atoms with van der Waals surface area (Å²) >= 11 is 0. The van der Waals surface area contributed by atoms with Gasteiger partial charge in [0.2, 0.25) is 0 Å². The molecule has 0 aliphatic carbocycles. The van der Waals surface area contributed by atoms with Crippen LogP contribution in [0.1, 0.15) is 18.9 Å². The molecule has 2 N–H and O–H groups in total. The van der Waals surface area contributed by atoms with Gasteiger partial charge in [0.05, 0.1) is 6.61 Å². The summed E-state index contributed by atoms with van der Waals surface area (Å²) in [4.78, 5) is 0. The molecule has 0 fully saturated rings. The van der Waals surface area contributed by atoms with Crippen LogP contribution in [0.15, 0.2) is 60.7 Å². The Balaban J connectivity index is 0.000000200. The molecule has 0 saturated carbocycles. The lowest BCUT2D eigenvalue weighted by atomic mass is 10.2. The standard InChI is InChI=1S/C9H12O2.C7H8O/c1-2-9(10)11-8-6-4-3-5-7-8;8-6-7-4-2-1-3-5-7/h3-7,9-10H,2H2,1H3;1-5,8H,6H2. The van der Waals surface area contributed by atoms with Crippen LogP contribution < -0.4 is 4.74 Å². The lowest BCUT2D eigenvalue weighted by Crippen LogP contribution is -2.13. The van der Waals surface area contributed by atoms with Crippen molar-refractivity contribution < 1.29 is 14.9 Å². The Morgan fingerprint density at radius 2 is 1.47 bits per heavy atom. The number of aliphatic hydroxyl groups excluding tert-OH is 2. The van der Waals surface area contributed by atoms with Crippen LogP contribution in [-0.4, -0.2) is 16.5 Å². The van der Waals surface area contributed by atoms with Crippen LogP contribution in [0.2, 0.25) is 0 Å². The van der Waals surface area contributed by atoms with Crippen molar-refractivity contribution in [1.29, 1.82) is 0 Å². The lowest BCUT2D eigenvalue weighted by Gasteiger charge is -2.10. The van der Waals surface area contributed by atoms with E-state index in [-0.39, 0.29) is 6.61 Å². The molecule has 0 heterocycles. The summed E-state index contributed by atoms with van der Waals surface area (Å²) < 4.78 is 5.12. The van der Waals surface area contributed by atoms with Gasteiger partial charge in [-0.3, -0.25) is 0 Å². The molecule has 2 aromatic carbocycles. The Labute approximate surface area is 114 Å². The van der Waals surface area contributed by atoms with Gasteiger partial charge < -0.3 is 14.9 Å². The highest BCUT2D eigenvalue weighted by Crippen LogP contribution is 2.10. The third-order valence-electron chi connectivity index (χ3n) is 2.39. The van der Waals surface area contributed by atoms with Crippen molar-refractivity contribution in [3.05, 3.63) is 66.2 Å². The molecule has 0 aliphatic rings. The molecular formula is C16H20O3. The molecule has 1 atom stereocenters. The maximum Gasteiger partial charge on any atom is 0.197 e. The minimum absolute atomic E-state index is 0.140. The first-order valence-electron chi connectivity index (χ1n) is 6.30. The Kier molecular flexibility index (Phi) is 7.32. The van der Waals surface area contributed by atoms with E-state index >= 15 is 0 Å². The fraction of sp³-hybridized carbons (Fsp3) is 0.250. The van der Waals surface area contributed by atoms with E-state index < -0.39 is 6.29 Å². The molecule has 0 bridgehead atoms. The van der Waals surface area contributed by atoms with Crippen molar-refractivity contribution in [2.24, 2.45) is 0 Å². The van der Waals surface area contributed by atoms with Crippen LogP contribution in [-0.2, 0) is 6.61 Å². The first-order chi connectivity index (χ1) is 9.26. The van der Waals surface area contributed by atoms with Crippen molar-refractivity contribution >= 4 is 0 Å². The fourth-order valence-corrected chi connectivity index (χ4v) is 1.32. The summed E-state index contributed by atoms with van der Waals surface area (Å²) in [6.45, 7) is 2.01. The number of para-hydroxylation sites is 1. The molecule has 102 valence electrons. The smallest absolute Gasteiger partial charge is 0.197 e. The summed E-state index contributed by atoms with van der Waals surface area (Å²) in [6.07, 6.45) is -0.0769. The summed E-state index contributed by atoms with van der Waals surface area (Å²) in [5.74, 6) is 0.710. The lowest BCUT2D eigenvalue weighted by molar-refractivity contribution is -0.0191. The molecular weight excluding hydrogens is 240 g/mol. The Bertz CT molecular complexity index is 428. The SMILES string of the molecule is CCC(O)Oc1ccccc1.OCc1ccccc1. The van der Waals surface area contributed by atoms with E-state index in [1.807, 2.05) is 67.6 Å². The highest BCUT2D eigenvalue weighted by atomic mass is 16.6. The topological polar surface area (TPSA) is 49.7 Å². The molecule has 0 saturated heterocycles. The monoisotopic (exact) mass is 260 g/mol. The van der Waals surface area contributed by atoms with Gasteiger partial charge in [0.15, 0.2) is 6.29 Å². The molecule has 19 heavy (non-hydrogen) atoms. The molecule has 0 amide bonds. The largest absolute Gasteiger partial charge is 0.465 e. The van der Waals surface area contributed by atoms with Crippen LogP contribution in [0.25, 0.3) is 0 Å². The molecule has 0 aromatic heterocycles. The third kappa shape index (κ3) is 6.60. The summed E-state index contributed by atoms with van der Waals surface area (Å²) in [5, 5.41) is 17.6. The van der Waals surface area contributed by atoms with Crippen molar-refractivity contribution in [2.75, 3.05) is 0 Å². The van der Waals surface area contributed by atoms with Crippen molar-refractivity contribution in [1.82, 2.24) is 0 Å². The quantitative estimate of drug-likeness (QED) is 0.831. The number of ether oxygens (including phenoxy) is 1. The second-order valence-electron chi connectivity index (χ2n) is 3.94. The first-order valence-corrected chi connectivity index (χ1v) is 6.30. The molecule has 1 unspecified atom stereocenters. The van der Waals surface area contributed by atoms with Crippen LogP contribution in [0.5, 0.6) is 5.75 Å². The van der Waals surface area contributed by atoms with Crippen LogP contribution in [0, 0.1) is 0 Å². The predicted molar refractivity (Wildman–Crippen MR) is 75.7 cm³/mol. The number of hydrogen-bond donors (Lipinski definition) is 2. The second kappa shape index (κ2) is 9.14. The second-order valence-corrected chi connectivity index (χ2v) is 3.94. The van der Waals surface area contributed by atoms with Gasteiger partial charge in [-0.25, -0.2) is 0 Å². The number of rotatable bonds is 4. The van der Waals surface area contributed by atoms with E-state index in [1.54, 1.807) is 0 Å². The molecule has 2 rings (SSSR count). The summed E-state index contributed by atoms with van der Waals surface area (Å²) in [6, 6.07) is 18.8. The van der Waals surface area contributed by atoms with Gasteiger partial charge >= 0.3 is 0 Å². The van der Waals surface area contributed by atoms with E-state index in [9.17, 15) is 0 Å². The maximum absolute atomic E-state index is 9.09. The van der Waals surface area contributed by atoms with Crippen LogP contribution >= 0.6 is 0 Å². The van der Waals surface area contributed by atoms with Gasteiger partial charge in [-0.2, -0.15) is 0 Å². The number of aliphatic hydroxyl groups is 2. The normalized spacial score (nSPS) is 11.1. The molecule has 2 aromatic rings. The Hall–Kier alpha value is -1.84. The van der Waals surface area contributed by atoms with Gasteiger partial charge in [-0.05, 0) is 17.7 Å². The van der Waals surface area contributed by atoms with Crippen LogP contribution in [0.4, 0.5) is 0 Å². The van der Waals surface area contributed by atoms with Crippen molar-refractivity contribution in [3.63, 3.8) is 0 Å². The van der Waals surface area contributed by atoms with Gasteiger partial charge in [0, 0.05) is 6.42 Å². The minimum Gasteiger partial charge on any atom is -0.465 e. The first kappa shape index (κ1) is 15.2. The minimum atomic E-state index is -0.683. The van der Waals surface area contributed by atoms with Gasteiger partial charge in [0.25, 0.3) is 0 Å². The average molecular weight is 260 g/mol. The average Bonchev–Trinajstić information content (AvgIpc) is 2.49. The van der Waals surface area contributed by atoms with Crippen molar-refractivity contribution in [2.45, 2.75) is 26.2 Å². The van der Waals surface area contributed by atoms with Gasteiger partial charge in [-0.1, -0.05) is 55.5 Å². The van der Waals surface area contributed by atoms with Crippen LogP contribution in [0.3, 0.4) is 0 Å². The highest BCUT2D eigenvalue weighted by molar-refractivity contribution is 5.20. The zero-order valence-electron chi connectivity index (χ0n) is 11.1. The predicted octanol–water partition coefficient (Wildman–Crippen LogP) is 2.97. The molecule has 0 spiro atoms. The molecule has 0 aliphatic heterocycles. The van der Waals surface area contributed by atoms with Gasteiger partial charge in [-0.15, -0.1) is 0 Å². The van der Waals surface area contributed by atoms with E-state index in [1.165, 1.54) is 0 Å². The molecule has 0 radical (unpaired) electrons. The zero-order valence-corrected chi connectivity index (χ0v) is 11.1. The van der Waals surface area contributed by atoms with Crippen molar-refractivity contribution in [3.8, 4) is 5.75 Å². The number of hydrogen-bond acceptors (Lipinski definition) is 3. The third-order valence-corrected chi connectivity index (χ3v) is 2.39. The molecule has 3 heteroatoms. The summed E-state index contributed by atoms with van der Waals surface area (Å²) in [7, 11) is 0. The van der Waals surface area contributed by atoms with E-state index in [4.69, 9.17) is 14.9 Å².